The van der Waals surface area contributed by atoms with Crippen LogP contribution in [0.15, 0.2) is 18.2 Å². The van der Waals surface area contributed by atoms with Crippen molar-refractivity contribution in [1.29, 1.82) is 0 Å². The number of anilines is 1. The second-order valence-electron chi connectivity index (χ2n) is 4.38. The molecule has 0 saturated heterocycles. The van der Waals surface area contributed by atoms with Crippen molar-refractivity contribution >= 4 is 5.69 Å². The summed E-state index contributed by atoms with van der Waals surface area (Å²) in [6, 6.07) is 6.23. The van der Waals surface area contributed by atoms with Crippen LogP contribution in [0.2, 0.25) is 0 Å². The Morgan fingerprint density at radius 2 is 1.67 bits per heavy atom. The Morgan fingerprint density at radius 3 is 2.08 bits per heavy atom. The van der Waals surface area contributed by atoms with Gasteiger partial charge < -0.3 is 5.73 Å². The molecule has 1 aromatic rings. The number of nitrogens with two attached hydrogens (primary N) is 1. The fraction of sp³-hybridized carbons (Fsp3) is 0.455. The molecule has 12 heavy (non-hydrogen) atoms. The molecule has 0 unspecified atom stereocenters. The van der Waals surface area contributed by atoms with Gasteiger partial charge in [-0.25, -0.2) is 0 Å². The van der Waals surface area contributed by atoms with Crippen LogP contribution in [0, 0.1) is 6.92 Å². The third-order valence-corrected chi connectivity index (χ3v) is 1.97. The van der Waals surface area contributed by atoms with E-state index in [2.05, 4.69) is 33.8 Å². The van der Waals surface area contributed by atoms with Gasteiger partial charge in [0.25, 0.3) is 0 Å². The van der Waals surface area contributed by atoms with Gasteiger partial charge in [0, 0.05) is 5.69 Å². The Labute approximate surface area is 74.6 Å². The monoisotopic (exact) mass is 163 g/mol. The SMILES string of the molecule is Cc1cc(N)cc(C(C)(C)C)c1. The standard InChI is InChI=1S/C11H17N/c1-8-5-9(11(2,3)4)7-10(12)6-8/h5-7H,12H2,1-4H3. The molecular weight excluding hydrogens is 146 g/mol. The first-order chi connectivity index (χ1) is 5.39. The minimum atomic E-state index is 0.195. The molecule has 1 nitrogen and oxygen atoms in total. The highest BCUT2D eigenvalue weighted by Crippen LogP contribution is 2.24. The molecule has 0 aromatic heterocycles. The molecule has 0 amide bonds. The van der Waals surface area contributed by atoms with Crippen LogP contribution in [0.4, 0.5) is 5.69 Å². The summed E-state index contributed by atoms with van der Waals surface area (Å²) in [5.41, 5.74) is 9.35. The summed E-state index contributed by atoms with van der Waals surface area (Å²) in [6.07, 6.45) is 0. The zero-order chi connectivity index (χ0) is 9.35. The average molecular weight is 163 g/mol. The molecule has 2 N–H and O–H groups in total. The van der Waals surface area contributed by atoms with E-state index in [1.54, 1.807) is 0 Å². The maximum Gasteiger partial charge on any atom is 0.0319 e. The lowest BCUT2D eigenvalue weighted by atomic mass is 9.86. The number of hydrogen-bond donors (Lipinski definition) is 1. The number of nitrogen functional groups attached to an aromatic ring is 1. The summed E-state index contributed by atoms with van der Waals surface area (Å²) in [7, 11) is 0. The predicted molar refractivity (Wildman–Crippen MR) is 54.3 cm³/mol. The molecule has 0 saturated carbocycles. The van der Waals surface area contributed by atoms with E-state index >= 15 is 0 Å². The summed E-state index contributed by atoms with van der Waals surface area (Å²) in [4.78, 5) is 0. The molecular formula is C11H17N. The Bertz CT molecular complexity index is 261. The summed E-state index contributed by atoms with van der Waals surface area (Å²) in [5, 5.41) is 0. The quantitative estimate of drug-likeness (QED) is 0.585. The maximum atomic E-state index is 5.76. The Balaban J connectivity index is 3.18. The van der Waals surface area contributed by atoms with E-state index in [0.29, 0.717) is 0 Å². The third kappa shape index (κ3) is 2.00. The van der Waals surface area contributed by atoms with Crippen molar-refractivity contribution < 1.29 is 0 Å². The molecule has 66 valence electrons. The largest absolute Gasteiger partial charge is 0.399 e. The van der Waals surface area contributed by atoms with Crippen LogP contribution in [0.25, 0.3) is 0 Å². The van der Waals surface area contributed by atoms with Gasteiger partial charge in [-0.05, 0) is 35.6 Å². The minimum absolute atomic E-state index is 0.195. The van der Waals surface area contributed by atoms with E-state index in [1.165, 1.54) is 11.1 Å². The first-order valence-corrected chi connectivity index (χ1v) is 4.27. The first-order valence-electron chi connectivity index (χ1n) is 4.27. The molecule has 0 heterocycles. The molecule has 0 aliphatic heterocycles. The van der Waals surface area contributed by atoms with Crippen molar-refractivity contribution in [2.45, 2.75) is 33.1 Å². The lowest BCUT2D eigenvalue weighted by Gasteiger charge is -2.19. The van der Waals surface area contributed by atoms with E-state index in [4.69, 9.17) is 5.73 Å². The van der Waals surface area contributed by atoms with Crippen LogP contribution >= 0.6 is 0 Å². The van der Waals surface area contributed by atoms with Gasteiger partial charge in [-0.1, -0.05) is 26.8 Å². The minimum Gasteiger partial charge on any atom is -0.399 e. The van der Waals surface area contributed by atoms with Gasteiger partial charge in [-0.15, -0.1) is 0 Å². The van der Waals surface area contributed by atoms with Crippen LogP contribution in [0.3, 0.4) is 0 Å². The number of benzene rings is 1. The molecule has 0 fully saturated rings. The summed E-state index contributed by atoms with van der Waals surface area (Å²) in [5.74, 6) is 0. The van der Waals surface area contributed by atoms with Crippen LogP contribution in [-0.2, 0) is 5.41 Å². The average Bonchev–Trinajstić information content (AvgIpc) is 1.82. The van der Waals surface area contributed by atoms with Gasteiger partial charge in [0.15, 0.2) is 0 Å². The molecule has 0 atom stereocenters. The van der Waals surface area contributed by atoms with E-state index in [-0.39, 0.29) is 5.41 Å². The molecule has 0 radical (unpaired) electrons. The molecule has 0 aliphatic carbocycles. The van der Waals surface area contributed by atoms with Crippen molar-refractivity contribution in [3.8, 4) is 0 Å². The van der Waals surface area contributed by atoms with Crippen molar-refractivity contribution in [3.63, 3.8) is 0 Å². The van der Waals surface area contributed by atoms with Crippen LogP contribution in [-0.4, -0.2) is 0 Å². The van der Waals surface area contributed by atoms with E-state index < -0.39 is 0 Å². The van der Waals surface area contributed by atoms with Gasteiger partial charge in [0.2, 0.25) is 0 Å². The fourth-order valence-corrected chi connectivity index (χ4v) is 1.25. The number of aryl methyl sites for hydroxylation is 1. The van der Waals surface area contributed by atoms with Crippen LogP contribution < -0.4 is 5.73 Å². The number of rotatable bonds is 0. The van der Waals surface area contributed by atoms with E-state index in [0.717, 1.165) is 5.69 Å². The first kappa shape index (κ1) is 9.11. The van der Waals surface area contributed by atoms with Crippen LogP contribution in [0.1, 0.15) is 31.9 Å². The topological polar surface area (TPSA) is 26.0 Å². The highest BCUT2D eigenvalue weighted by molar-refractivity contribution is 5.46. The van der Waals surface area contributed by atoms with Crippen molar-refractivity contribution in [2.24, 2.45) is 0 Å². The van der Waals surface area contributed by atoms with Crippen molar-refractivity contribution in [3.05, 3.63) is 29.3 Å². The second kappa shape index (κ2) is 2.81. The van der Waals surface area contributed by atoms with E-state index in [9.17, 15) is 0 Å². The number of hydrogen-bond acceptors (Lipinski definition) is 1. The molecule has 1 rings (SSSR count). The Hall–Kier alpha value is -0.980. The summed E-state index contributed by atoms with van der Waals surface area (Å²) >= 11 is 0. The Morgan fingerprint density at radius 1 is 1.08 bits per heavy atom. The van der Waals surface area contributed by atoms with E-state index in [1.807, 2.05) is 12.1 Å². The zero-order valence-corrected chi connectivity index (χ0v) is 8.31. The molecule has 1 heteroatoms. The van der Waals surface area contributed by atoms with Gasteiger partial charge in [0.05, 0.1) is 0 Å². The van der Waals surface area contributed by atoms with Gasteiger partial charge in [-0.3, -0.25) is 0 Å². The zero-order valence-electron chi connectivity index (χ0n) is 8.31. The second-order valence-corrected chi connectivity index (χ2v) is 4.38. The smallest absolute Gasteiger partial charge is 0.0319 e. The van der Waals surface area contributed by atoms with Gasteiger partial charge in [-0.2, -0.15) is 0 Å². The molecule has 0 bridgehead atoms. The lowest BCUT2D eigenvalue weighted by molar-refractivity contribution is 0.590. The highest BCUT2D eigenvalue weighted by atomic mass is 14.5. The molecule has 0 aliphatic rings. The van der Waals surface area contributed by atoms with Gasteiger partial charge in [0.1, 0.15) is 0 Å². The third-order valence-electron chi connectivity index (χ3n) is 1.97. The van der Waals surface area contributed by atoms with Crippen molar-refractivity contribution in [2.75, 3.05) is 5.73 Å². The van der Waals surface area contributed by atoms with Gasteiger partial charge >= 0.3 is 0 Å². The summed E-state index contributed by atoms with van der Waals surface area (Å²) in [6.45, 7) is 8.66. The molecule has 0 spiro atoms. The predicted octanol–water partition coefficient (Wildman–Crippen LogP) is 2.87. The normalized spacial score (nSPS) is 11.7. The lowest BCUT2D eigenvalue weighted by Crippen LogP contribution is -2.11. The maximum absolute atomic E-state index is 5.76. The van der Waals surface area contributed by atoms with Crippen LogP contribution in [0.5, 0.6) is 0 Å². The van der Waals surface area contributed by atoms with Crippen molar-refractivity contribution in [1.82, 2.24) is 0 Å². The highest BCUT2D eigenvalue weighted by Gasteiger charge is 2.13. The molecule has 1 aromatic carbocycles. The fourth-order valence-electron chi connectivity index (χ4n) is 1.25. The summed E-state index contributed by atoms with van der Waals surface area (Å²) < 4.78 is 0. The Kier molecular flexibility index (Phi) is 2.14.